The Bertz CT molecular complexity index is 443. The van der Waals surface area contributed by atoms with E-state index in [1.807, 2.05) is 0 Å². The molecule has 3 nitrogen and oxygen atoms in total. The van der Waals surface area contributed by atoms with E-state index in [1.165, 1.54) is 6.92 Å². The molecule has 14 heavy (non-hydrogen) atoms. The highest BCUT2D eigenvalue weighted by atomic mass is 32.2. The first-order valence-electron chi connectivity index (χ1n) is 3.74. The number of rotatable bonds is 2. The van der Waals surface area contributed by atoms with E-state index in [2.05, 4.69) is 0 Å². The van der Waals surface area contributed by atoms with E-state index in [-0.39, 0.29) is 16.0 Å². The van der Waals surface area contributed by atoms with Gasteiger partial charge in [0.1, 0.15) is 0 Å². The minimum atomic E-state index is -3.82. The predicted molar refractivity (Wildman–Crippen MR) is 47.5 cm³/mol. The maximum Gasteiger partial charge on any atom is 0.263 e. The molecule has 2 N–H and O–H groups in total. The molecule has 0 unspecified atom stereocenters. The third kappa shape index (κ3) is 2.27. The second-order valence-corrected chi connectivity index (χ2v) is 4.40. The van der Waals surface area contributed by atoms with Crippen molar-refractivity contribution < 1.29 is 17.2 Å². The summed E-state index contributed by atoms with van der Waals surface area (Å²) in [5.41, 5.74) is 0.0141. The molecule has 0 bridgehead atoms. The largest absolute Gasteiger partial charge is 0.263 e. The quantitative estimate of drug-likeness (QED) is 0.824. The maximum absolute atomic E-state index is 12.2. The molecular weight excluding hydrogens is 212 g/mol. The van der Waals surface area contributed by atoms with Crippen molar-refractivity contribution in [1.82, 2.24) is 0 Å². The number of sulfonamides is 1. The summed E-state index contributed by atoms with van der Waals surface area (Å²) in [6.45, 7) is 1.42. The summed E-state index contributed by atoms with van der Waals surface area (Å²) in [5, 5.41) is 4.87. The fourth-order valence-electron chi connectivity index (χ4n) is 1.13. The van der Waals surface area contributed by atoms with Crippen LogP contribution in [0.2, 0.25) is 0 Å². The van der Waals surface area contributed by atoms with Crippen molar-refractivity contribution in [2.75, 3.05) is 0 Å². The number of hydrogen-bond donors (Lipinski definition) is 1. The average Bonchev–Trinajstić information content (AvgIpc) is 2.01. The molecule has 78 valence electrons. The summed E-state index contributed by atoms with van der Waals surface area (Å²) in [5.74, 6) is 0. The van der Waals surface area contributed by atoms with E-state index < -0.39 is 16.4 Å². The van der Waals surface area contributed by atoms with Crippen molar-refractivity contribution in [2.45, 2.75) is 18.2 Å². The number of benzene rings is 1. The van der Waals surface area contributed by atoms with Crippen molar-refractivity contribution in [2.24, 2.45) is 5.14 Å². The molecule has 6 heteroatoms. The second kappa shape index (κ2) is 3.62. The van der Waals surface area contributed by atoms with Gasteiger partial charge in [-0.3, -0.25) is 0 Å². The van der Waals surface area contributed by atoms with E-state index in [1.54, 1.807) is 0 Å². The van der Waals surface area contributed by atoms with Gasteiger partial charge < -0.3 is 0 Å². The first-order chi connectivity index (χ1) is 6.32. The Kier molecular flexibility index (Phi) is 2.86. The van der Waals surface area contributed by atoms with Gasteiger partial charge in [-0.2, -0.15) is 0 Å². The smallest absolute Gasteiger partial charge is 0.225 e. The molecule has 0 saturated heterocycles. The maximum atomic E-state index is 12.2. The summed E-state index contributed by atoms with van der Waals surface area (Å²) in [6, 6.07) is 3.26. The Morgan fingerprint density at radius 2 is 1.93 bits per heavy atom. The minimum absolute atomic E-state index is 0.123. The van der Waals surface area contributed by atoms with Gasteiger partial charge >= 0.3 is 0 Å². The molecule has 0 aliphatic rings. The lowest BCUT2D eigenvalue weighted by Gasteiger charge is -2.05. The van der Waals surface area contributed by atoms with Gasteiger partial charge in [-0.1, -0.05) is 6.07 Å². The second-order valence-electron chi connectivity index (χ2n) is 2.87. The summed E-state index contributed by atoms with van der Waals surface area (Å²) < 4.78 is 46.2. The molecular formula is C8H9F2NO2S. The van der Waals surface area contributed by atoms with E-state index in [0.29, 0.717) is 0 Å². The molecule has 0 aliphatic heterocycles. The number of hydrogen-bond acceptors (Lipinski definition) is 2. The third-order valence-corrected chi connectivity index (χ3v) is 2.83. The van der Waals surface area contributed by atoms with Crippen LogP contribution in [-0.2, 0) is 10.0 Å². The molecule has 0 aromatic heterocycles. The Morgan fingerprint density at radius 3 is 2.29 bits per heavy atom. The first-order valence-corrected chi connectivity index (χ1v) is 5.28. The zero-order valence-corrected chi connectivity index (χ0v) is 8.18. The Morgan fingerprint density at radius 1 is 1.36 bits per heavy atom. The van der Waals surface area contributed by atoms with Crippen LogP contribution in [0.4, 0.5) is 8.78 Å². The van der Waals surface area contributed by atoms with Crippen LogP contribution in [0.5, 0.6) is 0 Å². The van der Waals surface area contributed by atoms with E-state index in [0.717, 1.165) is 18.2 Å². The van der Waals surface area contributed by atoms with Gasteiger partial charge in [0.15, 0.2) is 0 Å². The van der Waals surface area contributed by atoms with E-state index in [9.17, 15) is 17.2 Å². The van der Waals surface area contributed by atoms with Crippen molar-refractivity contribution in [3.63, 3.8) is 0 Å². The SMILES string of the molecule is Cc1cc(C(F)F)ccc1S(N)(=O)=O. The number of nitrogens with two attached hydrogens (primary N) is 1. The number of aryl methyl sites for hydroxylation is 1. The lowest BCUT2D eigenvalue weighted by Crippen LogP contribution is -2.13. The number of primary sulfonamides is 1. The van der Waals surface area contributed by atoms with Gasteiger partial charge in [0.05, 0.1) is 4.90 Å². The molecule has 0 fully saturated rings. The average molecular weight is 221 g/mol. The van der Waals surface area contributed by atoms with Crippen LogP contribution in [0.3, 0.4) is 0 Å². The highest BCUT2D eigenvalue weighted by Gasteiger charge is 2.14. The normalized spacial score (nSPS) is 12.1. The van der Waals surface area contributed by atoms with Crippen molar-refractivity contribution in [3.8, 4) is 0 Å². The Labute approximate surface area is 80.6 Å². The van der Waals surface area contributed by atoms with Gasteiger partial charge in [0.25, 0.3) is 6.43 Å². The first kappa shape index (κ1) is 11.1. The molecule has 0 saturated carbocycles. The van der Waals surface area contributed by atoms with Gasteiger partial charge in [-0.05, 0) is 24.6 Å². The fraction of sp³-hybridized carbons (Fsp3) is 0.250. The van der Waals surface area contributed by atoms with E-state index in [4.69, 9.17) is 5.14 Å². The summed E-state index contributed by atoms with van der Waals surface area (Å²) in [6.07, 6.45) is -2.61. The van der Waals surface area contributed by atoms with Crippen molar-refractivity contribution >= 4 is 10.0 Å². The third-order valence-electron chi connectivity index (χ3n) is 1.76. The molecule has 0 heterocycles. The molecule has 0 amide bonds. The lowest BCUT2D eigenvalue weighted by molar-refractivity contribution is 0.151. The van der Waals surface area contributed by atoms with Crippen molar-refractivity contribution in [3.05, 3.63) is 29.3 Å². The molecule has 0 spiro atoms. The number of alkyl halides is 2. The van der Waals surface area contributed by atoms with Gasteiger partial charge in [0.2, 0.25) is 10.0 Å². The zero-order valence-electron chi connectivity index (χ0n) is 7.37. The Hall–Kier alpha value is -1.01. The minimum Gasteiger partial charge on any atom is -0.225 e. The summed E-state index contributed by atoms with van der Waals surface area (Å²) in [4.78, 5) is -0.123. The zero-order chi connectivity index (χ0) is 10.9. The van der Waals surface area contributed by atoms with Crippen LogP contribution in [0, 0.1) is 6.92 Å². The van der Waals surface area contributed by atoms with Crippen LogP contribution in [0.15, 0.2) is 23.1 Å². The fourth-order valence-corrected chi connectivity index (χ4v) is 1.89. The highest BCUT2D eigenvalue weighted by molar-refractivity contribution is 7.89. The van der Waals surface area contributed by atoms with Gasteiger partial charge in [0, 0.05) is 5.56 Å². The molecule has 1 aromatic carbocycles. The van der Waals surface area contributed by atoms with Crippen molar-refractivity contribution in [1.29, 1.82) is 0 Å². The van der Waals surface area contributed by atoms with Crippen LogP contribution >= 0.6 is 0 Å². The Balaban J connectivity index is 3.28. The summed E-state index contributed by atoms with van der Waals surface area (Å²) >= 11 is 0. The molecule has 0 atom stereocenters. The van der Waals surface area contributed by atoms with Crippen LogP contribution < -0.4 is 5.14 Å². The molecule has 0 radical (unpaired) electrons. The predicted octanol–water partition coefficient (Wildman–Crippen LogP) is 1.58. The molecule has 1 rings (SSSR count). The standard InChI is InChI=1S/C8H9F2NO2S/c1-5-4-6(8(9)10)2-3-7(5)14(11,12)13/h2-4,8H,1H3,(H2,11,12,13). The van der Waals surface area contributed by atoms with E-state index >= 15 is 0 Å². The monoisotopic (exact) mass is 221 g/mol. The molecule has 0 aliphatic carbocycles. The van der Waals surface area contributed by atoms with Gasteiger partial charge in [-0.15, -0.1) is 0 Å². The summed E-state index contributed by atoms with van der Waals surface area (Å²) in [7, 11) is -3.82. The van der Waals surface area contributed by atoms with Gasteiger partial charge in [-0.25, -0.2) is 22.3 Å². The van der Waals surface area contributed by atoms with Crippen LogP contribution in [0.1, 0.15) is 17.6 Å². The lowest BCUT2D eigenvalue weighted by atomic mass is 10.1. The number of halogens is 2. The highest BCUT2D eigenvalue weighted by Crippen LogP contribution is 2.22. The van der Waals surface area contributed by atoms with Crippen LogP contribution in [-0.4, -0.2) is 8.42 Å². The van der Waals surface area contributed by atoms with Crippen LogP contribution in [0.25, 0.3) is 0 Å². The molecule has 1 aromatic rings. The topological polar surface area (TPSA) is 60.2 Å².